The normalized spacial score (nSPS) is 16.6. The van der Waals surface area contributed by atoms with Crippen LogP contribution >= 0.6 is 11.6 Å². The lowest BCUT2D eigenvalue weighted by Crippen LogP contribution is -2.36. The lowest BCUT2D eigenvalue weighted by atomic mass is 9.97. The molecule has 0 N–H and O–H groups in total. The van der Waals surface area contributed by atoms with Crippen molar-refractivity contribution in [3.05, 3.63) is 35.2 Å². The Labute approximate surface area is 147 Å². The third-order valence-corrected chi connectivity index (χ3v) is 4.87. The Hall–Kier alpha value is -1.59. The zero-order valence-electron chi connectivity index (χ0n) is 14.1. The second-order valence-electron chi connectivity index (χ2n) is 6.47. The summed E-state index contributed by atoms with van der Waals surface area (Å²) in [5.41, 5.74) is 1.01. The largest absolute Gasteiger partial charge is 0.462 e. The highest BCUT2D eigenvalue weighted by molar-refractivity contribution is 6.31. The first-order chi connectivity index (χ1) is 11.7. The van der Waals surface area contributed by atoms with Crippen molar-refractivity contribution in [2.75, 3.05) is 26.2 Å². The van der Waals surface area contributed by atoms with E-state index in [1.807, 2.05) is 0 Å². The van der Waals surface area contributed by atoms with E-state index >= 15 is 0 Å². The van der Waals surface area contributed by atoms with Gasteiger partial charge in [-0.15, -0.1) is 0 Å². The molecule has 0 aliphatic carbocycles. The highest BCUT2D eigenvalue weighted by atomic mass is 35.5. The molecule has 24 heavy (non-hydrogen) atoms. The summed E-state index contributed by atoms with van der Waals surface area (Å²) in [7, 11) is 0. The van der Waals surface area contributed by atoms with Crippen LogP contribution in [-0.2, 0) is 4.74 Å². The maximum absolute atomic E-state index is 12.4. The number of fused-ring (bicyclic) bond motifs is 1. The van der Waals surface area contributed by atoms with Crippen molar-refractivity contribution in [3.8, 4) is 0 Å². The highest BCUT2D eigenvalue weighted by Crippen LogP contribution is 2.20. The fourth-order valence-corrected chi connectivity index (χ4v) is 3.39. The van der Waals surface area contributed by atoms with E-state index in [1.165, 1.54) is 19.4 Å². The lowest BCUT2D eigenvalue weighted by Gasteiger charge is -2.31. The van der Waals surface area contributed by atoms with E-state index in [1.54, 1.807) is 29.1 Å². The average Bonchev–Trinajstić information content (AvgIpc) is 3.06. The van der Waals surface area contributed by atoms with Gasteiger partial charge < -0.3 is 14.0 Å². The van der Waals surface area contributed by atoms with Gasteiger partial charge in [-0.3, -0.25) is 0 Å². The van der Waals surface area contributed by atoms with Gasteiger partial charge in [0, 0.05) is 18.6 Å². The van der Waals surface area contributed by atoms with Crippen molar-refractivity contribution in [3.63, 3.8) is 0 Å². The minimum absolute atomic E-state index is 0.345. The molecule has 0 atom stereocenters. The monoisotopic (exact) mass is 349 g/mol. The zero-order chi connectivity index (χ0) is 16.9. The molecular weight excluding hydrogens is 326 g/mol. The van der Waals surface area contributed by atoms with E-state index < -0.39 is 0 Å². The summed E-state index contributed by atoms with van der Waals surface area (Å²) in [5.74, 6) is 0.101. The average molecular weight is 350 g/mol. The number of unbranched alkanes of at least 4 members (excludes halogenated alkanes) is 1. The van der Waals surface area contributed by atoms with Crippen LogP contribution in [0.1, 0.15) is 43.0 Å². The van der Waals surface area contributed by atoms with Crippen LogP contribution in [0.25, 0.3) is 5.65 Å². The first kappa shape index (κ1) is 17.2. The van der Waals surface area contributed by atoms with Gasteiger partial charge >= 0.3 is 5.97 Å². The Kier molecular flexibility index (Phi) is 5.74. The number of nitrogens with zero attached hydrogens (tertiary/aromatic N) is 3. The van der Waals surface area contributed by atoms with Crippen LogP contribution in [0.3, 0.4) is 0 Å². The molecule has 0 aromatic carbocycles. The summed E-state index contributed by atoms with van der Waals surface area (Å²) in [5, 5.41) is 0.497. The van der Waals surface area contributed by atoms with Crippen molar-refractivity contribution < 1.29 is 9.53 Å². The summed E-state index contributed by atoms with van der Waals surface area (Å²) in [4.78, 5) is 19.1. The second kappa shape index (κ2) is 7.99. The molecule has 2 aromatic heterocycles. The SMILES string of the molecule is CCCCN1CCC(COC(=O)c2cc(Cl)cn3ccnc23)CC1. The summed E-state index contributed by atoms with van der Waals surface area (Å²) in [6, 6.07) is 1.62. The van der Waals surface area contributed by atoms with E-state index in [0.29, 0.717) is 28.8 Å². The van der Waals surface area contributed by atoms with Gasteiger partial charge in [0.25, 0.3) is 0 Å². The van der Waals surface area contributed by atoms with Crippen molar-refractivity contribution in [2.24, 2.45) is 5.92 Å². The van der Waals surface area contributed by atoms with Crippen molar-refractivity contribution in [1.29, 1.82) is 0 Å². The fourth-order valence-electron chi connectivity index (χ4n) is 3.18. The van der Waals surface area contributed by atoms with Gasteiger partial charge in [-0.1, -0.05) is 24.9 Å². The zero-order valence-corrected chi connectivity index (χ0v) is 14.8. The number of hydrogen-bond donors (Lipinski definition) is 0. The van der Waals surface area contributed by atoms with Crippen LogP contribution in [0, 0.1) is 5.92 Å². The van der Waals surface area contributed by atoms with Crippen molar-refractivity contribution in [1.82, 2.24) is 14.3 Å². The maximum atomic E-state index is 12.4. The molecule has 1 aliphatic heterocycles. The van der Waals surface area contributed by atoms with Gasteiger partial charge in [0.2, 0.25) is 0 Å². The van der Waals surface area contributed by atoms with Gasteiger partial charge in [-0.05, 0) is 50.9 Å². The number of likely N-dealkylation sites (tertiary alicyclic amines) is 1. The fraction of sp³-hybridized carbons (Fsp3) is 0.556. The molecule has 1 saturated heterocycles. The molecule has 0 amide bonds. The van der Waals surface area contributed by atoms with Gasteiger partial charge in [-0.2, -0.15) is 0 Å². The topological polar surface area (TPSA) is 46.8 Å². The molecule has 130 valence electrons. The van der Waals surface area contributed by atoms with Crippen molar-refractivity contribution >= 4 is 23.2 Å². The molecule has 1 aliphatic rings. The quantitative estimate of drug-likeness (QED) is 0.747. The number of esters is 1. The van der Waals surface area contributed by atoms with Crippen LogP contribution in [0.2, 0.25) is 5.02 Å². The van der Waals surface area contributed by atoms with E-state index in [0.717, 1.165) is 25.9 Å². The third kappa shape index (κ3) is 4.08. The number of ether oxygens (including phenoxy) is 1. The molecule has 3 rings (SSSR count). The predicted octanol–water partition coefficient (Wildman–Crippen LogP) is 3.66. The summed E-state index contributed by atoms with van der Waals surface area (Å²) in [6.07, 6.45) is 9.82. The van der Waals surface area contributed by atoms with Gasteiger partial charge in [0.1, 0.15) is 5.56 Å². The number of hydrogen-bond acceptors (Lipinski definition) is 4. The van der Waals surface area contributed by atoms with Crippen LogP contribution in [-0.4, -0.2) is 46.5 Å². The molecule has 6 heteroatoms. The standard InChI is InChI=1S/C18H24ClN3O2/c1-2-3-7-21-8-4-14(5-9-21)13-24-18(23)16-11-15(19)12-22-10-6-20-17(16)22/h6,10-12,14H,2-5,7-9,13H2,1H3. The van der Waals surface area contributed by atoms with Crippen molar-refractivity contribution in [2.45, 2.75) is 32.6 Å². The van der Waals surface area contributed by atoms with Gasteiger partial charge in [0.05, 0.1) is 11.6 Å². The second-order valence-corrected chi connectivity index (χ2v) is 6.90. The summed E-state index contributed by atoms with van der Waals surface area (Å²) in [6.45, 7) is 6.08. The van der Waals surface area contributed by atoms with Crippen LogP contribution in [0.4, 0.5) is 0 Å². The van der Waals surface area contributed by atoms with Gasteiger partial charge in [0.15, 0.2) is 5.65 Å². The Morgan fingerprint density at radius 3 is 2.96 bits per heavy atom. The first-order valence-electron chi connectivity index (χ1n) is 8.69. The van der Waals surface area contributed by atoms with E-state index in [2.05, 4.69) is 16.8 Å². The molecule has 0 radical (unpaired) electrons. The number of imidazole rings is 1. The lowest BCUT2D eigenvalue weighted by molar-refractivity contribution is 0.0373. The number of piperidine rings is 1. The molecule has 0 unspecified atom stereocenters. The summed E-state index contributed by atoms with van der Waals surface area (Å²) >= 11 is 6.07. The maximum Gasteiger partial charge on any atom is 0.342 e. The predicted molar refractivity (Wildman–Crippen MR) is 94.6 cm³/mol. The molecule has 0 spiro atoms. The summed E-state index contributed by atoms with van der Waals surface area (Å²) < 4.78 is 7.29. The Morgan fingerprint density at radius 2 is 2.21 bits per heavy atom. The van der Waals surface area contributed by atoms with Gasteiger partial charge in [-0.25, -0.2) is 9.78 Å². The number of halogens is 1. The minimum Gasteiger partial charge on any atom is -0.462 e. The van der Waals surface area contributed by atoms with E-state index in [-0.39, 0.29) is 5.97 Å². The smallest absolute Gasteiger partial charge is 0.342 e. The van der Waals surface area contributed by atoms with Crippen LogP contribution in [0.15, 0.2) is 24.7 Å². The molecule has 5 nitrogen and oxygen atoms in total. The highest BCUT2D eigenvalue weighted by Gasteiger charge is 2.21. The van der Waals surface area contributed by atoms with Crippen LogP contribution < -0.4 is 0 Å². The Morgan fingerprint density at radius 1 is 1.42 bits per heavy atom. The number of aromatic nitrogens is 2. The Bertz CT molecular complexity index is 693. The number of pyridine rings is 1. The molecule has 1 fully saturated rings. The molecule has 0 bridgehead atoms. The Balaban J connectivity index is 1.53. The molecule has 2 aromatic rings. The number of carbonyl (C=O) groups is 1. The first-order valence-corrected chi connectivity index (χ1v) is 9.07. The number of rotatable bonds is 6. The van der Waals surface area contributed by atoms with E-state index in [4.69, 9.17) is 16.3 Å². The molecular formula is C18H24ClN3O2. The molecule has 3 heterocycles. The molecule has 0 saturated carbocycles. The minimum atomic E-state index is -0.345. The number of carbonyl (C=O) groups excluding carboxylic acids is 1. The third-order valence-electron chi connectivity index (χ3n) is 4.66. The van der Waals surface area contributed by atoms with Crippen LogP contribution in [0.5, 0.6) is 0 Å². The van der Waals surface area contributed by atoms with E-state index in [9.17, 15) is 4.79 Å².